The SMILES string of the molecule is CCCc1ccc(COc2ccccc2C/C=C(/C#N)CCO)c(OC)c1. The number of nitriles is 1. The average molecular weight is 365 g/mol. The predicted molar refractivity (Wildman–Crippen MR) is 107 cm³/mol. The van der Waals surface area contributed by atoms with Crippen molar-refractivity contribution in [1.82, 2.24) is 0 Å². The number of methoxy groups -OCH3 is 1. The normalized spacial score (nSPS) is 11.1. The van der Waals surface area contributed by atoms with Gasteiger partial charge >= 0.3 is 0 Å². The van der Waals surface area contributed by atoms with Crippen LogP contribution in [0.3, 0.4) is 0 Å². The van der Waals surface area contributed by atoms with Crippen LogP contribution in [0.2, 0.25) is 0 Å². The van der Waals surface area contributed by atoms with Crippen molar-refractivity contribution >= 4 is 0 Å². The summed E-state index contributed by atoms with van der Waals surface area (Å²) in [5.74, 6) is 1.63. The molecule has 0 fully saturated rings. The number of ether oxygens (including phenoxy) is 2. The van der Waals surface area contributed by atoms with Crippen molar-refractivity contribution in [1.29, 1.82) is 5.26 Å². The molecule has 0 bridgehead atoms. The van der Waals surface area contributed by atoms with Gasteiger partial charge in [-0.25, -0.2) is 0 Å². The van der Waals surface area contributed by atoms with E-state index in [0.29, 0.717) is 25.0 Å². The van der Waals surface area contributed by atoms with E-state index >= 15 is 0 Å². The average Bonchev–Trinajstić information content (AvgIpc) is 2.70. The largest absolute Gasteiger partial charge is 0.496 e. The standard InChI is InChI=1S/C23H27NO3/c1-3-6-18-9-12-21(23(15-18)26-2)17-27-22-8-5-4-7-20(22)11-10-19(16-24)13-14-25/h4-5,7-10,12,15,25H,3,6,11,13-14,17H2,1-2H3/b19-10+. The van der Waals surface area contributed by atoms with Crippen LogP contribution in [0, 0.1) is 11.3 Å². The van der Waals surface area contributed by atoms with Crippen LogP contribution >= 0.6 is 0 Å². The summed E-state index contributed by atoms with van der Waals surface area (Å²) >= 11 is 0. The number of hydrogen-bond donors (Lipinski definition) is 1. The molecule has 142 valence electrons. The molecule has 0 saturated carbocycles. The van der Waals surface area contributed by atoms with E-state index in [-0.39, 0.29) is 6.61 Å². The fourth-order valence-corrected chi connectivity index (χ4v) is 2.88. The highest BCUT2D eigenvalue weighted by atomic mass is 16.5. The zero-order valence-electron chi connectivity index (χ0n) is 16.1. The molecule has 0 aliphatic carbocycles. The lowest BCUT2D eigenvalue weighted by atomic mass is 10.1. The van der Waals surface area contributed by atoms with E-state index in [1.165, 1.54) is 5.56 Å². The van der Waals surface area contributed by atoms with Crippen LogP contribution in [0.1, 0.15) is 36.5 Å². The first-order chi connectivity index (χ1) is 13.2. The summed E-state index contributed by atoms with van der Waals surface area (Å²) in [7, 11) is 1.68. The molecule has 0 atom stereocenters. The number of benzene rings is 2. The van der Waals surface area contributed by atoms with E-state index in [2.05, 4.69) is 31.2 Å². The first kappa shape index (κ1) is 20.5. The van der Waals surface area contributed by atoms with E-state index in [1.807, 2.05) is 30.3 Å². The van der Waals surface area contributed by atoms with E-state index in [9.17, 15) is 0 Å². The molecule has 1 N–H and O–H groups in total. The molecule has 0 amide bonds. The lowest BCUT2D eigenvalue weighted by Gasteiger charge is -2.14. The first-order valence-corrected chi connectivity index (χ1v) is 9.28. The Balaban J connectivity index is 2.11. The first-order valence-electron chi connectivity index (χ1n) is 9.28. The Morgan fingerprint density at radius 2 is 1.96 bits per heavy atom. The Morgan fingerprint density at radius 3 is 2.67 bits per heavy atom. The van der Waals surface area contributed by atoms with Crippen LogP contribution in [0.15, 0.2) is 54.1 Å². The van der Waals surface area contributed by atoms with Crippen LogP contribution < -0.4 is 9.47 Å². The van der Waals surface area contributed by atoms with Crippen LogP contribution in [0.25, 0.3) is 0 Å². The molecule has 0 aliphatic rings. The fraction of sp³-hybridized carbons (Fsp3) is 0.348. The van der Waals surface area contributed by atoms with Gasteiger partial charge in [-0.05, 0) is 36.1 Å². The number of nitrogens with zero attached hydrogens (tertiary/aromatic N) is 1. The molecule has 0 aromatic heterocycles. The smallest absolute Gasteiger partial charge is 0.125 e. The number of hydrogen-bond acceptors (Lipinski definition) is 4. The second-order valence-corrected chi connectivity index (χ2v) is 6.31. The molecular formula is C23H27NO3. The van der Waals surface area contributed by atoms with Crippen LogP contribution in [0.5, 0.6) is 11.5 Å². The minimum atomic E-state index is -0.0225. The highest BCUT2D eigenvalue weighted by Gasteiger charge is 2.08. The monoisotopic (exact) mass is 365 g/mol. The summed E-state index contributed by atoms with van der Waals surface area (Å²) in [5, 5.41) is 18.1. The number of aliphatic hydroxyl groups excluding tert-OH is 1. The minimum absolute atomic E-state index is 0.0225. The number of aryl methyl sites for hydroxylation is 1. The highest BCUT2D eigenvalue weighted by Crippen LogP contribution is 2.25. The van der Waals surface area contributed by atoms with Crippen molar-refractivity contribution < 1.29 is 14.6 Å². The molecule has 4 nitrogen and oxygen atoms in total. The zero-order valence-corrected chi connectivity index (χ0v) is 16.1. The number of para-hydroxylation sites is 1. The van der Waals surface area contributed by atoms with Crippen LogP contribution in [0.4, 0.5) is 0 Å². The van der Waals surface area contributed by atoms with Crippen LogP contribution in [-0.2, 0) is 19.4 Å². The second-order valence-electron chi connectivity index (χ2n) is 6.31. The quantitative estimate of drug-likeness (QED) is 0.625. The third-order valence-corrected chi connectivity index (χ3v) is 4.34. The van der Waals surface area contributed by atoms with Crippen molar-refractivity contribution in [2.75, 3.05) is 13.7 Å². The molecule has 0 saturated heterocycles. The van der Waals surface area contributed by atoms with Crippen LogP contribution in [-0.4, -0.2) is 18.8 Å². The van der Waals surface area contributed by atoms with Crippen molar-refractivity contribution in [3.63, 3.8) is 0 Å². The van der Waals surface area contributed by atoms with Gasteiger partial charge in [0, 0.05) is 24.2 Å². The Bertz CT molecular complexity index is 806. The third kappa shape index (κ3) is 6.16. The lowest BCUT2D eigenvalue weighted by Crippen LogP contribution is -2.01. The molecule has 4 heteroatoms. The third-order valence-electron chi connectivity index (χ3n) is 4.34. The van der Waals surface area contributed by atoms with E-state index in [4.69, 9.17) is 19.8 Å². The summed E-state index contributed by atoms with van der Waals surface area (Å²) in [5.41, 5.74) is 3.85. The maximum Gasteiger partial charge on any atom is 0.125 e. The molecular weight excluding hydrogens is 338 g/mol. The Hall–Kier alpha value is -2.77. The maximum absolute atomic E-state index is 9.10. The number of rotatable bonds is 10. The molecule has 2 rings (SSSR count). The molecule has 0 radical (unpaired) electrons. The fourth-order valence-electron chi connectivity index (χ4n) is 2.88. The predicted octanol–water partition coefficient (Wildman–Crippen LogP) is 4.60. The van der Waals surface area contributed by atoms with Gasteiger partial charge in [0.2, 0.25) is 0 Å². The van der Waals surface area contributed by atoms with E-state index in [0.717, 1.165) is 35.5 Å². The topological polar surface area (TPSA) is 62.5 Å². The van der Waals surface area contributed by atoms with E-state index < -0.39 is 0 Å². The summed E-state index contributed by atoms with van der Waals surface area (Å²) in [4.78, 5) is 0. The second kappa shape index (κ2) is 11.1. The molecule has 2 aromatic carbocycles. The molecule has 0 spiro atoms. The Kier molecular flexibility index (Phi) is 8.41. The van der Waals surface area contributed by atoms with Gasteiger partial charge in [-0.15, -0.1) is 0 Å². The Labute approximate surface area is 161 Å². The summed E-state index contributed by atoms with van der Waals surface area (Å²) in [6, 6.07) is 16.2. The lowest BCUT2D eigenvalue weighted by molar-refractivity contribution is 0.294. The number of allylic oxidation sites excluding steroid dienone is 1. The summed E-state index contributed by atoms with van der Waals surface area (Å²) in [6.07, 6.45) is 4.94. The highest BCUT2D eigenvalue weighted by molar-refractivity contribution is 5.39. The maximum atomic E-state index is 9.10. The molecule has 0 aliphatic heterocycles. The molecule has 2 aromatic rings. The Morgan fingerprint density at radius 1 is 1.15 bits per heavy atom. The van der Waals surface area contributed by atoms with Gasteiger partial charge in [0.15, 0.2) is 0 Å². The molecule has 0 unspecified atom stereocenters. The van der Waals surface area contributed by atoms with Gasteiger partial charge in [-0.1, -0.05) is 49.8 Å². The van der Waals surface area contributed by atoms with Gasteiger partial charge in [-0.3, -0.25) is 0 Å². The van der Waals surface area contributed by atoms with Crippen molar-refractivity contribution in [3.8, 4) is 17.6 Å². The van der Waals surface area contributed by atoms with Gasteiger partial charge in [0.05, 0.1) is 13.2 Å². The summed E-state index contributed by atoms with van der Waals surface area (Å²) in [6.45, 7) is 2.55. The van der Waals surface area contributed by atoms with Gasteiger partial charge in [0.1, 0.15) is 18.1 Å². The van der Waals surface area contributed by atoms with Gasteiger partial charge in [-0.2, -0.15) is 5.26 Å². The van der Waals surface area contributed by atoms with Crippen molar-refractivity contribution in [2.45, 2.75) is 39.2 Å². The van der Waals surface area contributed by atoms with Crippen molar-refractivity contribution in [3.05, 3.63) is 70.8 Å². The van der Waals surface area contributed by atoms with Crippen molar-refractivity contribution in [2.24, 2.45) is 0 Å². The minimum Gasteiger partial charge on any atom is -0.496 e. The molecule has 27 heavy (non-hydrogen) atoms. The number of aliphatic hydroxyl groups is 1. The van der Waals surface area contributed by atoms with Gasteiger partial charge < -0.3 is 14.6 Å². The molecule has 0 heterocycles. The zero-order chi connectivity index (χ0) is 19.5. The summed E-state index contributed by atoms with van der Waals surface area (Å²) < 4.78 is 11.6. The van der Waals surface area contributed by atoms with Gasteiger partial charge in [0.25, 0.3) is 0 Å². The van der Waals surface area contributed by atoms with E-state index in [1.54, 1.807) is 7.11 Å².